The molecule has 0 spiro atoms. The number of benzene rings is 1. The Balaban J connectivity index is 1.53. The van der Waals surface area contributed by atoms with E-state index < -0.39 is 0 Å². The number of nitrogens with two attached hydrogens (primary N) is 1. The maximum atomic E-state index is 12.6. The third-order valence-electron chi connectivity index (χ3n) is 4.95. The second-order valence-electron chi connectivity index (χ2n) is 6.22. The van der Waals surface area contributed by atoms with Gasteiger partial charge in [0.25, 0.3) is 5.91 Å². The molecule has 108 valence electrons. The number of aromatic amines is 1. The van der Waals surface area contributed by atoms with Gasteiger partial charge in [0.2, 0.25) is 0 Å². The fourth-order valence-corrected chi connectivity index (χ4v) is 3.44. The highest BCUT2D eigenvalue weighted by Gasteiger charge is 2.51. The number of rotatable bonds is 2. The van der Waals surface area contributed by atoms with Crippen molar-refractivity contribution in [3.63, 3.8) is 0 Å². The number of hydrogen-bond donors (Lipinski definition) is 2. The van der Waals surface area contributed by atoms with Gasteiger partial charge >= 0.3 is 0 Å². The molecule has 3 N–H and O–H groups in total. The minimum Gasteiger partial charge on any atom is -0.336 e. The molecule has 0 unspecified atom stereocenters. The molecule has 0 bridgehead atoms. The van der Waals surface area contributed by atoms with Crippen LogP contribution >= 0.6 is 0 Å². The van der Waals surface area contributed by atoms with E-state index in [-0.39, 0.29) is 11.4 Å². The van der Waals surface area contributed by atoms with Gasteiger partial charge in [0.15, 0.2) is 0 Å². The molecule has 5 heteroatoms. The largest absolute Gasteiger partial charge is 0.336 e. The first kappa shape index (κ1) is 12.6. The molecule has 5 nitrogen and oxygen atoms in total. The van der Waals surface area contributed by atoms with Gasteiger partial charge in [0.1, 0.15) is 0 Å². The molecule has 4 rings (SSSR count). The Morgan fingerprint density at radius 2 is 2.14 bits per heavy atom. The molecule has 2 fully saturated rings. The first-order chi connectivity index (χ1) is 10.2. The summed E-state index contributed by atoms with van der Waals surface area (Å²) < 4.78 is 0. The van der Waals surface area contributed by atoms with Gasteiger partial charge in [-0.1, -0.05) is 12.1 Å². The highest BCUT2D eigenvalue weighted by molar-refractivity contribution is 5.95. The van der Waals surface area contributed by atoms with Crippen molar-refractivity contribution in [2.45, 2.75) is 18.4 Å². The molecule has 1 aromatic carbocycles. The Kier molecular flexibility index (Phi) is 2.65. The van der Waals surface area contributed by atoms with Crippen LogP contribution in [0.2, 0.25) is 0 Å². The van der Waals surface area contributed by atoms with Crippen LogP contribution in [-0.2, 0) is 0 Å². The lowest BCUT2D eigenvalue weighted by atomic mass is 9.70. The second kappa shape index (κ2) is 4.43. The van der Waals surface area contributed by atoms with Crippen LogP contribution in [0.3, 0.4) is 0 Å². The van der Waals surface area contributed by atoms with Gasteiger partial charge in [0.05, 0.1) is 6.20 Å². The number of nitrogens with zero attached hydrogens (tertiary/aromatic N) is 2. The fourth-order valence-electron chi connectivity index (χ4n) is 3.44. The van der Waals surface area contributed by atoms with Crippen LogP contribution < -0.4 is 5.73 Å². The topological polar surface area (TPSA) is 75.0 Å². The zero-order chi connectivity index (χ0) is 14.4. The number of amides is 1. The fraction of sp³-hybridized carbons (Fsp3) is 0.375. The highest BCUT2D eigenvalue weighted by Crippen LogP contribution is 2.42. The molecular weight excluding hydrogens is 264 g/mol. The highest BCUT2D eigenvalue weighted by atomic mass is 16.2. The van der Waals surface area contributed by atoms with Crippen molar-refractivity contribution >= 4 is 5.91 Å². The number of fused-ring (bicyclic) bond motifs is 1. The van der Waals surface area contributed by atoms with Crippen molar-refractivity contribution < 1.29 is 4.79 Å². The van der Waals surface area contributed by atoms with Gasteiger partial charge in [-0.05, 0) is 36.5 Å². The minimum absolute atomic E-state index is 0.0907. The van der Waals surface area contributed by atoms with E-state index in [9.17, 15) is 4.79 Å². The summed E-state index contributed by atoms with van der Waals surface area (Å²) in [7, 11) is 0. The number of nitrogens with one attached hydrogen (secondary N) is 1. The summed E-state index contributed by atoms with van der Waals surface area (Å²) in [6, 6.07) is 7.68. The van der Waals surface area contributed by atoms with Crippen LogP contribution in [0.5, 0.6) is 0 Å². The van der Waals surface area contributed by atoms with E-state index in [4.69, 9.17) is 5.73 Å². The number of likely N-dealkylation sites (tertiary alicyclic amines) is 1. The van der Waals surface area contributed by atoms with Crippen LogP contribution in [0.15, 0.2) is 36.7 Å². The lowest BCUT2D eigenvalue weighted by Crippen LogP contribution is -2.54. The molecule has 2 aromatic rings. The summed E-state index contributed by atoms with van der Waals surface area (Å²) in [5, 5.41) is 6.73. The summed E-state index contributed by atoms with van der Waals surface area (Å²) in [5.41, 5.74) is 8.98. The monoisotopic (exact) mass is 282 g/mol. The minimum atomic E-state index is -0.119. The van der Waals surface area contributed by atoms with Gasteiger partial charge in [-0.2, -0.15) is 5.10 Å². The molecular formula is C16H18N4O. The van der Waals surface area contributed by atoms with E-state index >= 15 is 0 Å². The molecule has 1 saturated carbocycles. The molecule has 2 atom stereocenters. The standard InChI is InChI=1S/C16H18N4O/c17-16-6-5-14(16)9-20(10-16)15(21)12-3-1-11(2-4-12)13-7-18-19-8-13/h1-4,7-8,14H,5-6,9-10,17H2,(H,18,19)/t14-,16-/m0/s1. The summed E-state index contributed by atoms with van der Waals surface area (Å²) in [4.78, 5) is 14.5. The molecule has 1 aliphatic carbocycles. The van der Waals surface area contributed by atoms with Crippen molar-refractivity contribution in [3.05, 3.63) is 42.2 Å². The summed E-state index contributed by atoms with van der Waals surface area (Å²) in [6.45, 7) is 1.50. The Labute approximate surface area is 123 Å². The average Bonchev–Trinajstić information content (AvgIpc) is 3.10. The maximum absolute atomic E-state index is 12.6. The van der Waals surface area contributed by atoms with Crippen molar-refractivity contribution in [1.82, 2.24) is 15.1 Å². The van der Waals surface area contributed by atoms with E-state index in [0.717, 1.165) is 36.1 Å². The predicted octanol–water partition coefficient (Wildman–Crippen LogP) is 1.64. The van der Waals surface area contributed by atoms with Crippen molar-refractivity contribution in [2.75, 3.05) is 13.1 Å². The zero-order valence-corrected chi connectivity index (χ0v) is 11.7. The number of carbonyl (C=O) groups excluding carboxylic acids is 1. The average molecular weight is 282 g/mol. The van der Waals surface area contributed by atoms with E-state index in [1.165, 1.54) is 0 Å². The number of carbonyl (C=O) groups is 1. The number of H-pyrrole nitrogens is 1. The molecule has 0 radical (unpaired) electrons. The third kappa shape index (κ3) is 1.96. The van der Waals surface area contributed by atoms with E-state index in [0.29, 0.717) is 12.5 Å². The first-order valence-electron chi connectivity index (χ1n) is 7.33. The Morgan fingerprint density at radius 1 is 1.33 bits per heavy atom. The second-order valence-corrected chi connectivity index (χ2v) is 6.22. The lowest BCUT2D eigenvalue weighted by molar-refractivity contribution is 0.0785. The summed E-state index contributed by atoms with van der Waals surface area (Å²) >= 11 is 0. The van der Waals surface area contributed by atoms with E-state index in [1.54, 1.807) is 6.20 Å². The molecule has 2 heterocycles. The first-order valence-corrected chi connectivity index (χ1v) is 7.33. The van der Waals surface area contributed by atoms with Crippen LogP contribution in [0, 0.1) is 5.92 Å². The van der Waals surface area contributed by atoms with Crippen molar-refractivity contribution in [3.8, 4) is 11.1 Å². The van der Waals surface area contributed by atoms with Crippen LogP contribution in [0.25, 0.3) is 11.1 Å². The summed E-state index contributed by atoms with van der Waals surface area (Å²) in [6.07, 6.45) is 5.81. The van der Waals surface area contributed by atoms with Gasteiger partial charge in [-0.15, -0.1) is 0 Å². The predicted molar refractivity (Wildman–Crippen MR) is 79.6 cm³/mol. The van der Waals surface area contributed by atoms with Crippen molar-refractivity contribution in [2.24, 2.45) is 11.7 Å². The van der Waals surface area contributed by atoms with Gasteiger partial charge in [-0.25, -0.2) is 0 Å². The Hall–Kier alpha value is -2.14. The molecule has 2 aliphatic rings. The van der Waals surface area contributed by atoms with Gasteiger partial charge in [0, 0.05) is 36.0 Å². The quantitative estimate of drug-likeness (QED) is 0.879. The number of aromatic nitrogens is 2. The Bertz CT molecular complexity index is 664. The van der Waals surface area contributed by atoms with Gasteiger partial charge in [-0.3, -0.25) is 9.89 Å². The smallest absolute Gasteiger partial charge is 0.253 e. The Morgan fingerprint density at radius 3 is 2.67 bits per heavy atom. The molecule has 21 heavy (non-hydrogen) atoms. The molecule has 1 amide bonds. The maximum Gasteiger partial charge on any atom is 0.253 e. The third-order valence-corrected chi connectivity index (χ3v) is 4.95. The normalized spacial score (nSPS) is 27.3. The van der Waals surface area contributed by atoms with Gasteiger partial charge < -0.3 is 10.6 Å². The van der Waals surface area contributed by atoms with Crippen molar-refractivity contribution in [1.29, 1.82) is 0 Å². The number of hydrogen-bond acceptors (Lipinski definition) is 3. The lowest BCUT2D eigenvalue weighted by Gasteiger charge is -2.39. The van der Waals surface area contributed by atoms with Crippen LogP contribution in [-0.4, -0.2) is 39.6 Å². The van der Waals surface area contributed by atoms with E-state index in [2.05, 4.69) is 10.2 Å². The molecule has 1 saturated heterocycles. The molecule has 1 aliphatic heterocycles. The SMILES string of the molecule is N[C@]12CC[C@H]1CN(C(=O)c1ccc(-c3cn[nH]c3)cc1)C2. The van der Waals surface area contributed by atoms with Crippen LogP contribution in [0.1, 0.15) is 23.2 Å². The molecule has 1 aromatic heterocycles. The summed E-state index contributed by atoms with van der Waals surface area (Å²) in [5.74, 6) is 0.583. The zero-order valence-electron chi connectivity index (χ0n) is 11.7. The van der Waals surface area contributed by atoms with E-state index in [1.807, 2.05) is 35.4 Å². The van der Waals surface area contributed by atoms with Crippen LogP contribution in [0.4, 0.5) is 0 Å².